The number of nitrogens with one attached hydrogen (secondary N) is 3. The van der Waals surface area contributed by atoms with Gasteiger partial charge in [-0.05, 0) is 79.6 Å². The molecular formula is C54H63ClF6N6O8S. The van der Waals surface area contributed by atoms with Gasteiger partial charge in [0, 0.05) is 41.5 Å². The lowest BCUT2D eigenvalue weighted by atomic mass is 9.49. The number of aliphatic hydroxyl groups excluding tert-OH is 1. The number of aliphatic hydroxyl groups is 1. The molecule has 1 aliphatic carbocycles. The van der Waals surface area contributed by atoms with Gasteiger partial charge in [0.15, 0.2) is 6.61 Å². The Morgan fingerprint density at radius 3 is 2.09 bits per heavy atom. The molecule has 0 unspecified atom stereocenters. The Balaban J connectivity index is 1.01. The van der Waals surface area contributed by atoms with Gasteiger partial charge in [-0.3, -0.25) is 19.2 Å². The van der Waals surface area contributed by atoms with Crippen LogP contribution in [0, 0.1) is 34.5 Å². The summed E-state index contributed by atoms with van der Waals surface area (Å²) in [6.45, 7) is 10.1. The van der Waals surface area contributed by atoms with Gasteiger partial charge in [0.25, 0.3) is 5.91 Å². The van der Waals surface area contributed by atoms with Crippen LogP contribution >= 0.6 is 22.9 Å². The van der Waals surface area contributed by atoms with E-state index < -0.39 is 120 Å². The van der Waals surface area contributed by atoms with Crippen LogP contribution in [0.15, 0.2) is 72.2 Å². The number of aromatic nitrogens is 1. The summed E-state index contributed by atoms with van der Waals surface area (Å²) in [5.41, 5.74) is 2.37. The Hall–Kier alpha value is -5.95. The maximum atomic E-state index is 15.0. The fraction of sp³-hybridized carbons (Fsp3) is 0.519. The first-order chi connectivity index (χ1) is 35.4. The van der Waals surface area contributed by atoms with Crippen LogP contribution in [0.25, 0.3) is 10.4 Å². The molecule has 4 aromatic rings. The number of hydrogen-bond acceptors (Lipinski definition) is 11. The molecule has 3 aromatic carbocycles. The molecule has 0 spiro atoms. The van der Waals surface area contributed by atoms with Gasteiger partial charge >= 0.3 is 17.8 Å². The first-order valence-corrected chi connectivity index (χ1v) is 25.9. The summed E-state index contributed by atoms with van der Waals surface area (Å²) in [7, 11) is 0. The van der Waals surface area contributed by atoms with Crippen LogP contribution < -0.4 is 25.4 Å². The second kappa shape index (κ2) is 22.9. The number of halogens is 7. The minimum atomic E-state index is -6.07. The largest absolute Gasteiger partial charge is 0.489 e. The summed E-state index contributed by atoms with van der Waals surface area (Å²) in [5.74, 6) is -20.3. The first kappa shape index (κ1) is 59.3. The normalized spacial score (nSPS) is 20.1. The molecule has 6 rings (SSSR count). The van der Waals surface area contributed by atoms with Gasteiger partial charge in [-0.1, -0.05) is 84.3 Å². The number of hydrogen-bond donors (Lipinski definition) is 4. The van der Waals surface area contributed by atoms with Crippen LogP contribution in [0.3, 0.4) is 0 Å². The van der Waals surface area contributed by atoms with Gasteiger partial charge < -0.3 is 40.2 Å². The molecule has 76 heavy (non-hydrogen) atoms. The molecule has 1 aromatic heterocycles. The van der Waals surface area contributed by atoms with Crippen molar-refractivity contribution in [2.75, 3.05) is 26.4 Å². The molecule has 2 heterocycles. The molecule has 1 saturated carbocycles. The van der Waals surface area contributed by atoms with Crippen molar-refractivity contribution < 1.29 is 64.8 Å². The molecule has 4 atom stereocenters. The number of carbonyl (C=O) groups excluding carboxylic acids is 4. The second-order valence-electron chi connectivity index (χ2n) is 21.0. The average Bonchev–Trinajstić information content (AvgIpc) is 4.01. The van der Waals surface area contributed by atoms with Crippen molar-refractivity contribution in [3.05, 3.63) is 99.6 Å². The first-order valence-electron chi connectivity index (χ1n) is 24.6. The number of likely N-dealkylation sites (tertiary alicyclic amines) is 1. The van der Waals surface area contributed by atoms with Crippen molar-refractivity contribution in [3.63, 3.8) is 0 Å². The summed E-state index contributed by atoms with van der Waals surface area (Å²) in [6, 6.07) is 15.0. The maximum absolute atomic E-state index is 15.0. The molecule has 0 radical (unpaired) electrons. The highest BCUT2D eigenvalue weighted by atomic mass is 35.5. The van der Waals surface area contributed by atoms with E-state index in [2.05, 4.69) is 25.7 Å². The highest BCUT2D eigenvalue weighted by molar-refractivity contribution is 7.13. The highest BCUT2D eigenvalue weighted by Crippen LogP contribution is 2.56. The van der Waals surface area contributed by atoms with E-state index in [1.54, 1.807) is 39.3 Å². The van der Waals surface area contributed by atoms with Gasteiger partial charge in [-0.25, -0.2) is 4.98 Å². The molecule has 0 bridgehead atoms. The lowest BCUT2D eigenvalue weighted by Crippen LogP contribution is -2.74. The summed E-state index contributed by atoms with van der Waals surface area (Å²) in [6.07, 6.45) is -1.11. The number of alkyl halides is 6. The van der Waals surface area contributed by atoms with Gasteiger partial charge in [-0.15, -0.1) is 11.3 Å². The molecule has 2 fully saturated rings. The van der Waals surface area contributed by atoms with Crippen molar-refractivity contribution in [3.8, 4) is 28.0 Å². The molecule has 4 amide bonds. The van der Waals surface area contributed by atoms with Gasteiger partial charge in [0.1, 0.15) is 49.0 Å². The average molecular weight is 1110 g/mol. The standard InChI is InChI=1S/C54H63ClF6N6O8S/c1-10-51(9,11-2)43(46(72)67-25-36(68)22-40(67)45(71)64-30(3)32-12-14-33(15-13-32)42-31(4)63-29-76-42)65-41(69)26-73-27-52(56,57)54(60,61)53(58,59)28-74-37-19-16-34(17-20-37)44(70)66-47-49(5,6)48(50(47,7)8)75-38-21-18-35(24-62)39(55)23-38/h12-21,23,29-30,36,40,43,47-48,68H,10-11,22,25-28H2,1-9H3,(H,64,71)(H,65,69)(H,66,70)/t30-,36+,40-,43+,47?,48?/m0/s1. The van der Waals surface area contributed by atoms with E-state index in [1.165, 1.54) is 35.6 Å². The van der Waals surface area contributed by atoms with Crippen LogP contribution in [0.1, 0.15) is 108 Å². The smallest absolute Gasteiger partial charge is 0.377 e. The number of ether oxygens (including phenoxy) is 3. The Bertz CT molecular complexity index is 2770. The molecule has 1 saturated heterocycles. The molecular weight excluding hydrogens is 1040 g/mol. The van der Waals surface area contributed by atoms with Crippen molar-refractivity contribution in [1.82, 2.24) is 25.8 Å². The highest BCUT2D eigenvalue weighted by Gasteiger charge is 2.72. The monoisotopic (exact) mass is 1100 g/mol. The van der Waals surface area contributed by atoms with Crippen LogP contribution in [-0.4, -0.2) is 113 Å². The molecule has 2 aliphatic rings. The van der Waals surface area contributed by atoms with Crippen molar-refractivity contribution in [2.45, 2.75) is 136 Å². The fourth-order valence-electron chi connectivity index (χ4n) is 10.2. The molecule has 1 aliphatic heterocycles. The Labute approximate surface area is 446 Å². The number of thiazole rings is 1. The summed E-state index contributed by atoms with van der Waals surface area (Å²) in [4.78, 5) is 61.1. The van der Waals surface area contributed by atoms with Crippen molar-refractivity contribution >= 4 is 46.6 Å². The molecule has 412 valence electrons. The van der Waals surface area contributed by atoms with E-state index in [1.807, 2.05) is 65.0 Å². The quantitative estimate of drug-likeness (QED) is 0.0551. The summed E-state index contributed by atoms with van der Waals surface area (Å²) in [5, 5.41) is 28.3. The third-order valence-corrected chi connectivity index (χ3v) is 16.2. The van der Waals surface area contributed by atoms with Gasteiger partial charge in [0.2, 0.25) is 17.7 Å². The molecule has 4 N–H and O–H groups in total. The topological polar surface area (TPSA) is 192 Å². The predicted molar refractivity (Wildman–Crippen MR) is 273 cm³/mol. The van der Waals surface area contributed by atoms with E-state index in [0.29, 0.717) is 5.75 Å². The lowest BCUT2D eigenvalue weighted by Gasteiger charge is -2.63. The number of β-amino-alcohol motifs (C(OH)–C–C–N with tert-alkyl or cyclic N) is 1. The third kappa shape index (κ3) is 12.2. The Morgan fingerprint density at radius 2 is 1.53 bits per heavy atom. The van der Waals surface area contributed by atoms with E-state index >= 15 is 26.3 Å². The number of carbonyl (C=O) groups is 4. The van der Waals surface area contributed by atoms with Crippen molar-refractivity contribution in [2.24, 2.45) is 16.2 Å². The van der Waals surface area contributed by atoms with E-state index in [0.717, 1.165) is 38.7 Å². The zero-order valence-electron chi connectivity index (χ0n) is 43.5. The van der Waals surface area contributed by atoms with Crippen molar-refractivity contribution in [1.29, 1.82) is 5.26 Å². The van der Waals surface area contributed by atoms with Crippen LogP contribution in [0.2, 0.25) is 5.02 Å². The SMILES string of the molecule is CCC(C)(CC)[C@H](NC(=O)COCC(F)(F)C(F)(F)C(F)(F)COc1ccc(C(=O)NC2C(C)(C)C(Oc3ccc(C#N)c(Cl)c3)C2(C)C)cc1)C(=O)N1C[C@H](O)C[C@H]1C(=O)N[C@@H](C)c1ccc(-c2scnc2C)cc1. The number of rotatable bonds is 22. The zero-order chi connectivity index (χ0) is 56.3. The lowest BCUT2D eigenvalue weighted by molar-refractivity contribution is -0.324. The zero-order valence-corrected chi connectivity index (χ0v) is 45.1. The van der Waals surface area contributed by atoms with Gasteiger partial charge in [-0.2, -0.15) is 31.6 Å². The number of amides is 4. The maximum Gasteiger partial charge on any atom is 0.377 e. The van der Waals surface area contributed by atoms with Crippen LogP contribution in [0.4, 0.5) is 26.3 Å². The van der Waals surface area contributed by atoms with Crippen LogP contribution in [0.5, 0.6) is 11.5 Å². The van der Waals surface area contributed by atoms with E-state index in [9.17, 15) is 29.5 Å². The molecule has 14 nitrogen and oxygen atoms in total. The summed E-state index contributed by atoms with van der Waals surface area (Å²) < 4.78 is 106. The number of nitrogens with zero attached hydrogens (tertiary/aromatic N) is 3. The number of aryl methyl sites for hydroxylation is 1. The Kier molecular flexibility index (Phi) is 17.9. The third-order valence-electron chi connectivity index (χ3n) is 14.9. The molecule has 22 heteroatoms. The van der Waals surface area contributed by atoms with E-state index in [-0.39, 0.29) is 42.0 Å². The Morgan fingerprint density at radius 1 is 0.921 bits per heavy atom. The van der Waals surface area contributed by atoms with Crippen LogP contribution in [-0.2, 0) is 19.1 Å². The minimum Gasteiger partial charge on any atom is -0.489 e. The van der Waals surface area contributed by atoms with E-state index in [4.69, 9.17) is 21.1 Å². The predicted octanol–water partition coefficient (Wildman–Crippen LogP) is 9.71. The second-order valence-corrected chi connectivity index (χ2v) is 22.2. The number of nitriles is 1. The fourth-order valence-corrected chi connectivity index (χ4v) is 11.2. The van der Waals surface area contributed by atoms with Gasteiger partial charge in [0.05, 0.1) is 38.8 Å². The minimum absolute atomic E-state index is 0.0462. The number of benzene rings is 3. The summed E-state index contributed by atoms with van der Waals surface area (Å²) >= 11 is 7.67.